The highest BCUT2D eigenvalue weighted by molar-refractivity contribution is 7.11. The van der Waals surface area contributed by atoms with Crippen molar-refractivity contribution in [2.24, 2.45) is 17.1 Å². The first-order valence-corrected chi connectivity index (χ1v) is 7.41. The van der Waals surface area contributed by atoms with Gasteiger partial charge in [0.05, 0.1) is 10.7 Å². The van der Waals surface area contributed by atoms with Crippen LogP contribution in [0.15, 0.2) is 0 Å². The average Bonchev–Trinajstić information content (AvgIpc) is 2.57. The number of rotatable bonds is 2. The van der Waals surface area contributed by atoms with E-state index in [0.29, 0.717) is 0 Å². The lowest BCUT2D eigenvalue weighted by Gasteiger charge is -2.26. The lowest BCUT2D eigenvalue weighted by Crippen LogP contribution is -2.36. The van der Waals surface area contributed by atoms with Gasteiger partial charge < -0.3 is 5.73 Å². The Labute approximate surface area is 109 Å². The van der Waals surface area contributed by atoms with Gasteiger partial charge in [-0.1, -0.05) is 27.7 Å². The van der Waals surface area contributed by atoms with Gasteiger partial charge in [-0.2, -0.15) is 0 Å². The van der Waals surface area contributed by atoms with E-state index in [4.69, 9.17) is 10.7 Å². The number of thiazole rings is 1. The molecule has 2 unspecified atom stereocenters. The van der Waals surface area contributed by atoms with Gasteiger partial charge >= 0.3 is 0 Å². The first-order valence-electron chi connectivity index (χ1n) is 6.59. The zero-order valence-corrected chi connectivity index (χ0v) is 12.2. The Morgan fingerprint density at radius 1 is 1.47 bits per heavy atom. The first kappa shape index (κ1) is 13.0. The maximum absolute atomic E-state index is 6.23. The Balaban J connectivity index is 2.09. The van der Waals surface area contributed by atoms with Crippen LogP contribution in [0.5, 0.6) is 0 Å². The molecule has 96 valence electrons. The maximum atomic E-state index is 6.23. The molecule has 3 heteroatoms. The van der Waals surface area contributed by atoms with E-state index in [9.17, 15) is 0 Å². The van der Waals surface area contributed by atoms with E-state index in [1.165, 1.54) is 28.4 Å². The smallest absolute Gasteiger partial charge is 0.0946 e. The van der Waals surface area contributed by atoms with Gasteiger partial charge in [0.1, 0.15) is 0 Å². The van der Waals surface area contributed by atoms with Crippen LogP contribution in [0.1, 0.15) is 49.7 Å². The first-order chi connectivity index (χ1) is 7.86. The molecule has 0 amide bonds. The van der Waals surface area contributed by atoms with Gasteiger partial charge in [-0.25, -0.2) is 4.98 Å². The molecule has 2 N–H and O–H groups in total. The summed E-state index contributed by atoms with van der Waals surface area (Å²) >= 11 is 1.89. The number of fused-ring (bicyclic) bond motifs is 1. The minimum absolute atomic E-state index is 0.166. The topological polar surface area (TPSA) is 38.9 Å². The van der Waals surface area contributed by atoms with Crippen molar-refractivity contribution in [1.29, 1.82) is 0 Å². The maximum Gasteiger partial charge on any atom is 0.0946 e. The van der Waals surface area contributed by atoms with E-state index in [2.05, 4.69) is 27.7 Å². The SMILES string of the molecule is CC1CCc2nc(CC(N)C(C)(C)C)sc2C1. The fourth-order valence-electron chi connectivity index (χ4n) is 2.17. The molecule has 0 spiro atoms. The number of hydrogen-bond donors (Lipinski definition) is 1. The minimum atomic E-state index is 0.166. The Kier molecular flexibility index (Phi) is 3.60. The van der Waals surface area contributed by atoms with Crippen LogP contribution in [-0.4, -0.2) is 11.0 Å². The summed E-state index contributed by atoms with van der Waals surface area (Å²) < 4.78 is 0. The van der Waals surface area contributed by atoms with Gasteiger partial charge in [-0.3, -0.25) is 0 Å². The molecule has 0 bridgehead atoms. The fourth-order valence-corrected chi connectivity index (χ4v) is 3.51. The summed E-state index contributed by atoms with van der Waals surface area (Å²) in [7, 11) is 0. The summed E-state index contributed by atoms with van der Waals surface area (Å²) in [4.78, 5) is 6.29. The summed E-state index contributed by atoms with van der Waals surface area (Å²) in [6.45, 7) is 8.94. The number of nitrogens with two attached hydrogens (primary N) is 1. The van der Waals surface area contributed by atoms with E-state index in [1.54, 1.807) is 0 Å². The van der Waals surface area contributed by atoms with Crippen LogP contribution < -0.4 is 5.73 Å². The second kappa shape index (κ2) is 4.69. The fraction of sp³-hybridized carbons (Fsp3) is 0.786. The highest BCUT2D eigenvalue weighted by Crippen LogP contribution is 2.31. The predicted molar refractivity (Wildman–Crippen MR) is 74.4 cm³/mol. The highest BCUT2D eigenvalue weighted by Gasteiger charge is 2.24. The molecule has 1 aliphatic rings. The van der Waals surface area contributed by atoms with E-state index >= 15 is 0 Å². The Morgan fingerprint density at radius 3 is 2.82 bits per heavy atom. The second-order valence-electron chi connectivity index (χ2n) is 6.50. The van der Waals surface area contributed by atoms with Crippen LogP contribution in [-0.2, 0) is 19.3 Å². The van der Waals surface area contributed by atoms with E-state index in [1.807, 2.05) is 11.3 Å². The predicted octanol–water partition coefficient (Wildman–Crippen LogP) is 3.18. The van der Waals surface area contributed by atoms with Crippen molar-refractivity contribution in [2.45, 2.75) is 59.4 Å². The largest absolute Gasteiger partial charge is 0.327 e. The summed E-state index contributed by atoms with van der Waals surface area (Å²) in [6, 6.07) is 0.201. The van der Waals surface area contributed by atoms with Crippen LogP contribution in [0, 0.1) is 11.3 Å². The molecule has 0 radical (unpaired) electrons. The van der Waals surface area contributed by atoms with Crippen molar-refractivity contribution < 1.29 is 0 Å². The number of hydrogen-bond acceptors (Lipinski definition) is 3. The van der Waals surface area contributed by atoms with Gasteiger partial charge in [0.15, 0.2) is 0 Å². The summed E-state index contributed by atoms with van der Waals surface area (Å²) in [6.07, 6.45) is 4.60. The summed E-state index contributed by atoms with van der Waals surface area (Å²) in [5.41, 5.74) is 7.75. The molecule has 0 fully saturated rings. The van der Waals surface area contributed by atoms with Crippen LogP contribution in [0.3, 0.4) is 0 Å². The molecule has 0 aromatic carbocycles. The number of nitrogens with zero attached hydrogens (tertiary/aromatic N) is 1. The molecule has 17 heavy (non-hydrogen) atoms. The van der Waals surface area contributed by atoms with Crippen molar-refractivity contribution >= 4 is 11.3 Å². The third kappa shape index (κ3) is 3.08. The zero-order valence-electron chi connectivity index (χ0n) is 11.4. The Hall–Kier alpha value is -0.410. The molecule has 1 aliphatic carbocycles. The molecule has 1 aromatic rings. The number of aryl methyl sites for hydroxylation is 1. The van der Waals surface area contributed by atoms with Crippen LogP contribution in [0.2, 0.25) is 0 Å². The van der Waals surface area contributed by atoms with E-state index in [0.717, 1.165) is 18.8 Å². The van der Waals surface area contributed by atoms with Gasteiger partial charge in [0, 0.05) is 17.3 Å². The third-order valence-electron chi connectivity index (χ3n) is 3.74. The monoisotopic (exact) mass is 252 g/mol. The molecule has 2 atom stereocenters. The normalized spacial score (nSPS) is 22.3. The van der Waals surface area contributed by atoms with E-state index in [-0.39, 0.29) is 11.5 Å². The Morgan fingerprint density at radius 2 is 2.18 bits per heavy atom. The molecule has 1 heterocycles. The molecule has 0 saturated carbocycles. The quantitative estimate of drug-likeness (QED) is 0.878. The third-order valence-corrected chi connectivity index (χ3v) is 4.88. The minimum Gasteiger partial charge on any atom is -0.327 e. The lowest BCUT2D eigenvalue weighted by atomic mass is 9.86. The van der Waals surface area contributed by atoms with Crippen molar-refractivity contribution in [3.8, 4) is 0 Å². The molecule has 0 aliphatic heterocycles. The van der Waals surface area contributed by atoms with Crippen LogP contribution >= 0.6 is 11.3 Å². The second-order valence-corrected chi connectivity index (χ2v) is 7.67. The molecule has 2 rings (SSSR count). The van der Waals surface area contributed by atoms with Crippen molar-refractivity contribution in [3.05, 3.63) is 15.6 Å². The summed E-state index contributed by atoms with van der Waals surface area (Å²) in [5.74, 6) is 0.826. The molecule has 1 aromatic heterocycles. The zero-order chi connectivity index (χ0) is 12.6. The molecular formula is C14H24N2S. The Bertz CT molecular complexity index is 389. The van der Waals surface area contributed by atoms with Gasteiger partial charge in [0.25, 0.3) is 0 Å². The standard InChI is InChI=1S/C14H24N2S/c1-9-5-6-10-11(7-9)17-13(16-10)8-12(15)14(2,3)4/h9,12H,5-8,15H2,1-4H3. The number of aromatic nitrogens is 1. The van der Waals surface area contributed by atoms with Crippen LogP contribution in [0.4, 0.5) is 0 Å². The van der Waals surface area contributed by atoms with Crippen molar-refractivity contribution in [1.82, 2.24) is 4.98 Å². The van der Waals surface area contributed by atoms with Gasteiger partial charge in [-0.15, -0.1) is 11.3 Å². The molecule has 2 nitrogen and oxygen atoms in total. The lowest BCUT2D eigenvalue weighted by molar-refractivity contribution is 0.318. The van der Waals surface area contributed by atoms with Gasteiger partial charge in [-0.05, 0) is 30.6 Å². The molecular weight excluding hydrogens is 228 g/mol. The van der Waals surface area contributed by atoms with Crippen molar-refractivity contribution in [2.75, 3.05) is 0 Å². The van der Waals surface area contributed by atoms with Gasteiger partial charge in [0.2, 0.25) is 0 Å². The van der Waals surface area contributed by atoms with Crippen LogP contribution in [0.25, 0.3) is 0 Å². The highest BCUT2D eigenvalue weighted by atomic mass is 32.1. The average molecular weight is 252 g/mol. The summed E-state index contributed by atoms with van der Waals surface area (Å²) in [5, 5.41) is 1.24. The molecule has 0 saturated heterocycles. The van der Waals surface area contributed by atoms with E-state index < -0.39 is 0 Å². The van der Waals surface area contributed by atoms with Crippen molar-refractivity contribution in [3.63, 3.8) is 0 Å².